The van der Waals surface area contributed by atoms with Crippen LogP contribution in [0.25, 0.3) is 89.1 Å². The standard InChI is InChI=1S/C61H41N3OSi/c1-6-20-42(21-7-1)49-38-40-53(57-55-32-18-19-33-56(55)65-58(49)57)52-39-41-54(51-31-17-16-30-50(51)52)61-63-59(43-22-8-2-9-23-43)62-60(64-61)44-34-36-48(37-35-44)66(45-24-10-3-11-25-45,46-26-12-4-13-27-46)47-28-14-5-15-29-47/h1-41H/i2D,8D,9D,18D,22D,23D,40D. The molecule has 0 radical (unpaired) electrons. The Kier molecular flexibility index (Phi) is 8.08. The summed E-state index contributed by atoms with van der Waals surface area (Å²) < 4.78 is 68.5. The SMILES string of the molecule is [2H]c1ccc2oc3c(-c4ccccc4)cc([2H])c(-c4ccc(-c5nc(-c6ccc([Si](c7ccccc7)(c7ccccc7)c7ccccc7)cc6)nc(-c6c([2H])c([2H])c([2H])c([2H])c6[2H])n5)c5ccccc45)c3c2c1. The first-order valence-electron chi connectivity index (χ1n) is 25.3. The number of nitrogens with zero attached hydrogens (tertiary/aromatic N) is 3. The Bertz CT molecular complexity index is 3980. The maximum atomic E-state index is 9.68. The van der Waals surface area contributed by atoms with Crippen LogP contribution in [-0.4, -0.2) is 23.0 Å². The summed E-state index contributed by atoms with van der Waals surface area (Å²) in [5.41, 5.74) is 5.38. The first kappa shape index (κ1) is 32.2. The van der Waals surface area contributed by atoms with E-state index in [-0.39, 0.29) is 29.1 Å². The topological polar surface area (TPSA) is 51.8 Å². The Hall–Kier alpha value is -8.51. The number of benzene rings is 10. The molecule has 2 heterocycles. The predicted octanol–water partition coefficient (Wildman–Crippen LogP) is 12.6. The highest BCUT2D eigenvalue weighted by Gasteiger charge is 2.41. The molecule has 4 nitrogen and oxygen atoms in total. The highest BCUT2D eigenvalue weighted by atomic mass is 28.3. The molecule has 310 valence electrons. The first-order chi connectivity index (χ1) is 35.6. The van der Waals surface area contributed by atoms with Crippen molar-refractivity contribution >= 4 is 61.5 Å². The number of hydrogen-bond donors (Lipinski definition) is 0. The summed E-state index contributed by atoms with van der Waals surface area (Å²) in [5.74, 6) is 0.405. The molecule has 5 heteroatoms. The van der Waals surface area contributed by atoms with Crippen LogP contribution >= 0.6 is 0 Å². The van der Waals surface area contributed by atoms with Crippen LogP contribution in [0.1, 0.15) is 9.60 Å². The van der Waals surface area contributed by atoms with Crippen molar-refractivity contribution in [2.24, 2.45) is 0 Å². The second-order valence-corrected chi connectivity index (χ2v) is 19.9. The molecule has 66 heavy (non-hydrogen) atoms. The summed E-state index contributed by atoms with van der Waals surface area (Å²) in [7, 11) is -2.89. The fraction of sp³-hybridized carbons (Fsp3) is 0. The van der Waals surface area contributed by atoms with E-state index in [1.165, 1.54) is 15.6 Å². The first-order valence-corrected chi connectivity index (χ1v) is 23.8. The molecule has 12 aromatic rings. The Balaban J connectivity index is 1.08. The highest BCUT2D eigenvalue weighted by molar-refractivity contribution is 7.19. The molecule has 0 aliphatic carbocycles. The minimum Gasteiger partial charge on any atom is -0.455 e. The van der Waals surface area contributed by atoms with Gasteiger partial charge in [-0.15, -0.1) is 0 Å². The molecule has 0 amide bonds. The molecular weight excluding hydrogens is 819 g/mol. The van der Waals surface area contributed by atoms with Gasteiger partial charge in [0.1, 0.15) is 11.2 Å². The zero-order valence-electron chi connectivity index (χ0n) is 42.4. The molecule has 0 saturated heterocycles. The molecule has 0 saturated carbocycles. The zero-order valence-corrected chi connectivity index (χ0v) is 36.4. The van der Waals surface area contributed by atoms with Crippen LogP contribution in [0.15, 0.2) is 253 Å². The average Bonchev–Trinajstić information content (AvgIpc) is 3.81. The fourth-order valence-electron chi connectivity index (χ4n) is 9.49. The Morgan fingerprint density at radius 1 is 0.333 bits per heavy atom. The summed E-state index contributed by atoms with van der Waals surface area (Å²) in [4.78, 5) is 15.0. The van der Waals surface area contributed by atoms with E-state index in [4.69, 9.17) is 27.6 Å². The monoisotopic (exact) mass is 866 g/mol. The largest absolute Gasteiger partial charge is 0.455 e. The maximum absolute atomic E-state index is 9.68. The van der Waals surface area contributed by atoms with Crippen LogP contribution in [0, 0.1) is 0 Å². The van der Waals surface area contributed by atoms with E-state index in [1.807, 2.05) is 103 Å². The number of aromatic nitrogens is 3. The zero-order chi connectivity index (χ0) is 50.0. The van der Waals surface area contributed by atoms with Gasteiger partial charge in [0.15, 0.2) is 25.5 Å². The van der Waals surface area contributed by atoms with Crippen molar-refractivity contribution in [3.8, 4) is 56.4 Å². The van der Waals surface area contributed by atoms with Crippen molar-refractivity contribution in [1.29, 1.82) is 0 Å². The summed E-state index contributed by atoms with van der Waals surface area (Å²) in [6.45, 7) is 0. The van der Waals surface area contributed by atoms with Crippen LogP contribution in [0.4, 0.5) is 0 Å². The van der Waals surface area contributed by atoms with Gasteiger partial charge in [0.25, 0.3) is 0 Å². The molecule has 12 rings (SSSR count). The third kappa shape index (κ3) is 6.64. The maximum Gasteiger partial charge on any atom is 0.179 e. The van der Waals surface area contributed by atoms with Crippen LogP contribution in [0.2, 0.25) is 0 Å². The Morgan fingerprint density at radius 3 is 1.50 bits per heavy atom. The van der Waals surface area contributed by atoms with E-state index in [2.05, 4.69) is 84.9 Å². The molecule has 0 bridgehead atoms. The second kappa shape index (κ2) is 16.6. The van der Waals surface area contributed by atoms with Gasteiger partial charge in [0.05, 0.1) is 9.60 Å². The Morgan fingerprint density at radius 2 is 0.864 bits per heavy atom. The van der Waals surface area contributed by atoms with Gasteiger partial charge in [-0.05, 0) is 66.4 Å². The van der Waals surface area contributed by atoms with Gasteiger partial charge < -0.3 is 4.42 Å². The van der Waals surface area contributed by atoms with Gasteiger partial charge in [-0.1, -0.05) is 230 Å². The van der Waals surface area contributed by atoms with Crippen LogP contribution < -0.4 is 20.7 Å². The number of fused-ring (bicyclic) bond motifs is 4. The third-order valence-electron chi connectivity index (χ3n) is 12.5. The lowest BCUT2D eigenvalue weighted by molar-refractivity contribution is 0.670. The number of rotatable bonds is 9. The van der Waals surface area contributed by atoms with Crippen LogP contribution in [0.5, 0.6) is 0 Å². The van der Waals surface area contributed by atoms with E-state index < -0.39 is 38.3 Å². The van der Waals surface area contributed by atoms with Gasteiger partial charge in [-0.25, -0.2) is 15.0 Å². The van der Waals surface area contributed by atoms with Gasteiger partial charge in [0.2, 0.25) is 0 Å². The molecule has 10 aromatic carbocycles. The molecule has 0 aliphatic rings. The van der Waals surface area contributed by atoms with Crippen molar-refractivity contribution in [3.63, 3.8) is 0 Å². The molecule has 2 aromatic heterocycles. The van der Waals surface area contributed by atoms with Crippen molar-refractivity contribution in [3.05, 3.63) is 249 Å². The van der Waals surface area contributed by atoms with Gasteiger partial charge in [0, 0.05) is 33.0 Å². The van der Waals surface area contributed by atoms with Crippen molar-refractivity contribution < 1.29 is 14.0 Å². The van der Waals surface area contributed by atoms with Crippen LogP contribution in [-0.2, 0) is 0 Å². The smallest absolute Gasteiger partial charge is 0.179 e. The molecule has 0 fully saturated rings. The van der Waals surface area contributed by atoms with Crippen molar-refractivity contribution in [1.82, 2.24) is 15.0 Å². The minimum atomic E-state index is -2.89. The summed E-state index contributed by atoms with van der Waals surface area (Å²) in [6, 6.07) is 67.0. The van der Waals surface area contributed by atoms with E-state index in [0.717, 1.165) is 43.4 Å². The molecule has 0 aliphatic heterocycles. The molecule has 0 spiro atoms. The van der Waals surface area contributed by atoms with E-state index in [1.54, 1.807) is 18.2 Å². The lowest BCUT2D eigenvalue weighted by Crippen LogP contribution is -2.74. The number of hydrogen-bond acceptors (Lipinski definition) is 4. The molecule has 0 N–H and O–H groups in total. The predicted molar refractivity (Wildman–Crippen MR) is 275 cm³/mol. The van der Waals surface area contributed by atoms with Gasteiger partial charge in [-0.2, -0.15) is 0 Å². The molecule has 0 atom stereocenters. The summed E-state index contributed by atoms with van der Waals surface area (Å²) >= 11 is 0. The lowest BCUT2D eigenvalue weighted by Gasteiger charge is -2.34. The number of para-hydroxylation sites is 1. The van der Waals surface area contributed by atoms with E-state index in [9.17, 15) is 1.37 Å². The third-order valence-corrected chi connectivity index (χ3v) is 17.3. The van der Waals surface area contributed by atoms with Gasteiger partial charge >= 0.3 is 0 Å². The lowest BCUT2D eigenvalue weighted by atomic mass is 9.90. The van der Waals surface area contributed by atoms with Crippen molar-refractivity contribution in [2.45, 2.75) is 0 Å². The molecule has 0 unspecified atom stereocenters. The summed E-state index contributed by atoms with van der Waals surface area (Å²) in [5, 5.41) is 7.77. The second-order valence-electron chi connectivity index (χ2n) is 16.1. The van der Waals surface area contributed by atoms with E-state index in [0.29, 0.717) is 33.9 Å². The fourth-order valence-corrected chi connectivity index (χ4v) is 14.2. The average molecular weight is 867 g/mol. The van der Waals surface area contributed by atoms with Gasteiger partial charge in [-0.3, -0.25) is 0 Å². The Labute approximate surface area is 394 Å². The summed E-state index contributed by atoms with van der Waals surface area (Å²) in [6.07, 6.45) is 0. The van der Waals surface area contributed by atoms with Crippen LogP contribution in [0.3, 0.4) is 0 Å². The quantitative estimate of drug-likeness (QED) is 0.107. The minimum absolute atomic E-state index is 0.0708. The van der Waals surface area contributed by atoms with E-state index >= 15 is 0 Å². The highest BCUT2D eigenvalue weighted by Crippen LogP contribution is 2.44. The van der Waals surface area contributed by atoms with Crippen molar-refractivity contribution in [2.75, 3.05) is 0 Å². The molecular formula is C61H41N3OSi. The normalized spacial score (nSPS) is 13.1. The number of furan rings is 1.